The Morgan fingerprint density at radius 2 is 1.85 bits per heavy atom. The van der Waals surface area contributed by atoms with E-state index in [2.05, 4.69) is 29.7 Å². The van der Waals surface area contributed by atoms with Gasteiger partial charge in [-0.25, -0.2) is 0 Å². The van der Waals surface area contributed by atoms with Crippen molar-refractivity contribution in [2.75, 3.05) is 33.4 Å². The summed E-state index contributed by atoms with van der Waals surface area (Å²) in [5.41, 5.74) is 8.11. The van der Waals surface area contributed by atoms with E-state index >= 15 is 0 Å². The second-order valence-electron chi connectivity index (χ2n) is 8.82. The van der Waals surface area contributed by atoms with Gasteiger partial charge in [-0.2, -0.15) is 0 Å². The van der Waals surface area contributed by atoms with Crippen LogP contribution in [0.4, 0.5) is 0 Å². The molecule has 0 saturated carbocycles. The molecular weight excluding hydrogens is 434 g/mol. The quantitative estimate of drug-likeness (QED) is 0.514. The predicted molar refractivity (Wildman–Crippen MR) is 128 cm³/mol. The molecule has 4 rings (SSSR count). The van der Waals surface area contributed by atoms with Gasteiger partial charge in [0.1, 0.15) is 12.4 Å². The molecule has 8 heteroatoms. The molecule has 182 valence electrons. The Bertz CT molecular complexity index is 1020. The van der Waals surface area contributed by atoms with Crippen molar-refractivity contribution in [1.29, 1.82) is 0 Å². The summed E-state index contributed by atoms with van der Waals surface area (Å²) in [5.74, 6) is 0.0347. The van der Waals surface area contributed by atoms with Gasteiger partial charge in [-0.05, 0) is 30.5 Å². The number of nitrogens with two attached hydrogens (primary N) is 1. The molecule has 8 nitrogen and oxygen atoms in total. The lowest BCUT2D eigenvalue weighted by molar-refractivity contribution is -0.188. The first kappa shape index (κ1) is 24.2. The van der Waals surface area contributed by atoms with Crippen molar-refractivity contribution < 1.29 is 23.8 Å². The highest BCUT2D eigenvalue weighted by atomic mass is 16.7. The number of benzene rings is 2. The lowest BCUT2D eigenvalue weighted by atomic mass is 9.73. The third-order valence-corrected chi connectivity index (χ3v) is 6.63. The topological polar surface area (TPSA) is 112 Å². The van der Waals surface area contributed by atoms with E-state index in [9.17, 15) is 9.59 Å². The molecule has 0 aliphatic carbocycles. The minimum absolute atomic E-state index is 0.0830. The summed E-state index contributed by atoms with van der Waals surface area (Å²) in [5, 5.41) is 5.63. The van der Waals surface area contributed by atoms with Crippen molar-refractivity contribution in [3.63, 3.8) is 0 Å². The van der Waals surface area contributed by atoms with Gasteiger partial charge >= 0.3 is 0 Å². The van der Waals surface area contributed by atoms with Crippen LogP contribution in [0.2, 0.25) is 0 Å². The highest BCUT2D eigenvalue weighted by molar-refractivity contribution is 6.02. The molecule has 34 heavy (non-hydrogen) atoms. The lowest BCUT2D eigenvalue weighted by Gasteiger charge is -2.27. The number of ether oxygens (including phenoxy) is 3. The number of hydrogen-bond acceptors (Lipinski definition) is 6. The Morgan fingerprint density at radius 1 is 1.12 bits per heavy atom. The first-order valence-corrected chi connectivity index (χ1v) is 11.8. The molecule has 0 radical (unpaired) electrons. The minimum atomic E-state index is -0.424. The van der Waals surface area contributed by atoms with Gasteiger partial charge in [-0.15, -0.1) is 0 Å². The summed E-state index contributed by atoms with van der Waals surface area (Å²) in [4.78, 5) is 25.8. The van der Waals surface area contributed by atoms with Crippen LogP contribution in [0.25, 0.3) is 0 Å². The fraction of sp³-hybridized carbons (Fsp3) is 0.462. The summed E-state index contributed by atoms with van der Waals surface area (Å²) >= 11 is 0. The molecule has 1 fully saturated rings. The molecule has 0 bridgehead atoms. The van der Waals surface area contributed by atoms with Crippen molar-refractivity contribution in [1.82, 2.24) is 10.6 Å². The molecule has 1 saturated heterocycles. The van der Waals surface area contributed by atoms with Crippen LogP contribution in [0.1, 0.15) is 58.0 Å². The molecule has 0 unspecified atom stereocenters. The van der Waals surface area contributed by atoms with Crippen LogP contribution in [0, 0.1) is 0 Å². The smallest absolute Gasteiger partial charge is 0.254 e. The Balaban J connectivity index is 1.54. The molecule has 0 spiro atoms. The third kappa shape index (κ3) is 4.80. The zero-order valence-corrected chi connectivity index (χ0v) is 19.8. The van der Waals surface area contributed by atoms with E-state index < -0.39 is 5.41 Å². The average Bonchev–Trinajstić information content (AvgIpc) is 3.26. The highest BCUT2D eigenvalue weighted by Crippen LogP contribution is 2.47. The maximum absolute atomic E-state index is 13.1. The van der Waals surface area contributed by atoms with Crippen LogP contribution in [0.15, 0.2) is 42.5 Å². The fourth-order valence-electron chi connectivity index (χ4n) is 4.64. The number of rotatable bonds is 8. The van der Waals surface area contributed by atoms with Gasteiger partial charge in [0.15, 0.2) is 6.29 Å². The Kier molecular flexibility index (Phi) is 7.50. The van der Waals surface area contributed by atoms with E-state index in [1.54, 1.807) is 13.1 Å². The first-order valence-electron chi connectivity index (χ1n) is 11.8. The van der Waals surface area contributed by atoms with E-state index in [1.165, 1.54) is 0 Å². The van der Waals surface area contributed by atoms with E-state index in [0.717, 1.165) is 17.5 Å². The molecule has 2 aromatic carbocycles. The van der Waals surface area contributed by atoms with E-state index in [0.29, 0.717) is 56.1 Å². The average molecular weight is 468 g/mol. The van der Waals surface area contributed by atoms with Gasteiger partial charge in [0, 0.05) is 31.1 Å². The van der Waals surface area contributed by atoms with E-state index in [4.69, 9.17) is 19.9 Å². The number of amides is 2. The molecule has 1 atom stereocenters. The second-order valence-corrected chi connectivity index (χ2v) is 8.82. The lowest BCUT2D eigenvalue weighted by Crippen LogP contribution is -2.41. The molecule has 4 N–H and O–H groups in total. The van der Waals surface area contributed by atoms with E-state index in [1.807, 2.05) is 24.3 Å². The van der Waals surface area contributed by atoms with Crippen LogP contribution in [0.5, 0.6) is 5.75 Å². The first-order chi connectivity index (χ1) is 16.5. The summed E-state index contributed by atoms with van der Waals surface area (Å²) in [6.45, 7) is 3.95. The van der Waals surface area contributed by atoms with E-state index in [-0.39, 0.29) is 24.1 Å². The van der Waals surface area contributed by atoms with Crippen LogP contribution < -0.4 is 21.1 Å². The summed E-state index contributed by atoms with van der Waals surface area (Å²) in [6.07, 6.45) is 1.85. The Morgan fingerprint density at radius 3 is 2.53 bits per heavy atom. The molecular formula is C26H33N3O5. The minimum Gasteiger partial charge on any atom is -0.491 e. The van der Waals surface area contributed by atoms with Gasteiger partial charge in [0.05, 0.1) is 30.2 Å². The second kappa shape index (κ2) is 10.5. The fourth-order valence-corrected chi connectivity index (χ4v) is 4.64. The molecule has 2 amide bonds. The maximum Gasteiger partial charge on any atom is 0.254 e. The van der Waals surface area contributed by atoms with Crippen molar-refractivity contribution in [3.05, 3.63) is 64.7 Å². The zero-order chi connectivity index (χ0) is 24.1. The standard InChI is InChI=1S/C26H33N3O5/c1-3-26(18-8-5-4-6-9-18)16-34-23-20(25(31)28-2)12-17(13-21(23)26)24(30)29-11-7-10-22-32-14-19(27)15-33-22/h4-6,8-9,12-13,19,22H,3,7,10-11,14-16,27H2,1-2H3,(H,28,31)(H,29,30)/t19-,22-,26-/m0/s1. The maximum atomic E-state index is 13.1. The van der Waals surface area contributed by atoms with Gasteiger partial charge in [-0.1, -0.05) is 37.3 Å². The third-order valence-electron chi connectivity index (χ3n) is 6.63. The number of carbonyl (C=O) groups excluding carboxylic acids is 2. The predicted octanol–water partition coefficient (Wildman–Crippen LogP) is 2.34. The molecule has 2 aliphatic rings. The number of fused-ring (bicyclic) bond motifs is 1. The number of nitrogens with one attached hydrogen (secondary N) is 2. The summed E-state index contributed by atoms with van der Waals surface area (Å²) in [6, 6.07) is 13.5. The monoisotopic (exact) mass is 467 g/mol. The van der Waals surface area contributed by atoms with Gasteiger partial charge in [0.25, 0.3) is 11.8 Å². The molecule has 2 aliphatic heterocycles. The van der Waals surface area contributed by atoms with Crippen molar-refractivity contribution in [2.45, 2.75) is 43.9 Å². The van der Waals surface area contributed by atoms with Crippen LogP contribution in [-0.2, 0) is 14.9 Å². The molecule has 2 aromatic rings. The molecule has 0 aromatic heterocycles. The van der Waals surface area contributed by atoms with Crippen molar-refractivity contribution in [3.8, 4) is 5.75 Å². The Hall–Kier alpha value is -2.94. The van der Waals surface area contributed by atoms with Crippen LogP contribution >= 0.6 is 0 Å². The van der Waals surface area contributed by atoms with Crippen LogP contribution in [0.3, 0.4) is 0 Å². The van der Waals surface area contributed by atoms with Crippen molar-refractivity contribution >= 4 is 11.8 Å². The molecule has 2 heterocycles. The number of hydrogen-bond donors (Lipinski definition) is 3. The van der Waals surface area contributed by atoms with Gasteiger partial charge in [0.2, 0.25) is 0 Å². The van der Waals surface area contributed by atoms with Gasteiger partial charge in [-0.3, -0.25) is 9.59 Å². The number of carbonyl (C=O) groups is 2. The largest absolute Gasteiger partial charge is 0.491 e. The zero-order valence-electron chi connectivity index (χ0n) is 19.8. The Labute approximate surface area is 200 Å². The normalized spacial score (nSPS) is 23.6. The summed E-state index contributed by atoms with van der Waals surface area (Å²) < 4.78 is 17.2. The van der Waals surface area contributed by atoms with Crippen molar-refractivity contribution in [2.24, 2.45) is 5.73 Å². The van der Waals surface area contributed by atoms with Gasteiger partial charge < -0.3 is 30.6 Å². The van der Waals surface area contributed by atoms with Crippen LogP contribution in [-0.4, -0.2) is 57.6 Å². The SMILES string of the molecule is CC[C@@]1(c2ccccc2)COc2c(C(=O)NC)cc(C(=O)NCCC[C@H]3OC[C@H](N)CO3)cc21. The highest BCUT2D eigenvalue weighted by Gasteiger charge is 2.43. The summed E-state index contributed by atoms with van der Waals surface area (Å²) in [7, 11) is 1.57.